The number of ether oxygens (including phenoxy) is 4. The van der Waals surface area contributed by atoms with Crippen molar-refractivity contribution in [2.75, 3.05) is 5.75 Å². The number of carbonyl (C=O) groups is 2. The summed E-state index contributed by atoms with van der Waals surface area (Å²) in [7, 11) is 0. The molecule has 7 heteroatoms. The summed E-state index contributed by atoms with van der Waals surface area (Å²) >= 11 is 1.58. The minimum absolute atomic E-state index is 0.288. The van der Waals surface area contributed by atoms with Gasteiger partial charge in [-0.3, -0.25) is 9.59 Å². The third-order valence-corrected chi connectivity index (χ3v) is 5.31. The van der Waals surface area contributed by atoms with Gasteiger partial charge in [0, 0.05) is 19.6 Å². The molecule has 0 spiro atoms. The van der Waals surface area contributed by atoms with Gasteiger partial charge in [-0.25, -0.2) is 0 Å². The van der Waals surface area contributed by atoms with Crippen LogP contribution in [-0.2, 0) is 35.1 Å². The lowest BCUT2D eigenvalue weighted by Gasteiger charge is -2.49. The molecule has 6 nitrogen and oxygen atoms in total. The van der Waals surface area contributed by atoms with Gasteiger partial charge >= 0.3 is 11.9 Å². The van der Waals surface area contributed by atoms with Crippen LogP contribution < -0.4 is 0 Å². The van der Waals surface area contributed by atoms with E-state index in [-0.39, 0.29) is 23.4 Å². The van der Waals surface area contributed by atoms with Gasteiger partial charge in [-0.05, 0) is 5.56 Å². The summed E-state index contributed by atoms with van der Waals surface area (Å²) < 4.78 is 22.5. The molecule has 0 saturated carbocycles. The molecule has 1 aromatic carbocycles. The Balaban J connectivity index is 1.72. The van der Waals surface area contributed by atoms with E-state index in [0.717, 1.165) is 5.56 Å². The molecule has 24 heavy (non-hydrogen) atoms. The van der Waals surface area contributed by atoms with Crippen LogP contribution in [0.15, 0.2) is 30.3 Å². The number of fused-ring (bicyclic) bond motifs is 3. The monoisotopic (exact) mass is 352 g/mol. The van der Waals surface area contributed by atoms with Crippen molar-refractivity contribution >= 4 is 23.7 Å². The van der Waals surface area contributed by atoms with E-state index >= 15 is 0 Å². The van der Waals surface area contributed by atoms with Gasteiger partial charge < -0.3 is 18.9 Å². The molecule has 1 aromatic rings. The number of rotatable bonds is 5. The Bertz CT molecular complexity index is 592. The first-order valence-electron chi connectivity index (χ1n) is 7.81. The summed E-state index contributed by atoms with van der Waals surface area (Å²) in [6, 6.07) is 9.77. The molecule has 0 aliphatic carbocycles. The minimum atomic E-state index is -0.716. The second-order valence-electron chi connectivity index (χ2n) is 5.79. The number of esters is 2. The molecule has 0 radical (unpaired) electrons. The summed E-state index contributed by atoms with van der Waals surface area (Å²) in [5, 5.41) is -0.288. The largest absolute Gasteiger partial charge is 0.458 e. The molecule has 3 heterocycles. The first kappa shape index (κ1) is 17.3. The van der Waals surface area contributed by atoms with Crippen molar-refractivity contribution in [3.05, 3.63) is 35.9 Å². The van der Waals surface area contributed by atoms with Gasteiger partial charge in [0.25, 0.3) is 0 Å². The molecule has 3 aliphatic rings. The van der Waals surface area contributed by atoms with Gasteiger partial charge in [0.1, 0.15) is 23.6 Å². The normalized spacial score (nSPS) is 31.5. The van der Waals surface area contributed by atoms with Crippen LogP contribution in [0.25, 0.3) is 0 Å². The van der Waals surface area contributed by atoms with Gasteiger partial charge in [-0.1, -0.05) is 30.3 Å². The number of hydrogen-bond donors (Lipinski definition) is 0. The maximum absolute atomic E-state index is 11.5. The van der Waals surface area contributed by atoms with Crippen molar-refractivity contribution in [1.29, 1.82) is 0 Å². The first-order chi connectivity index (χ1) is 11.5. The van der Waals surface area contributed by atoms with Gasteiger partial charge in [0.05, 0.1) is 6.61 Å². The topological polar surface area (TPSA) is 71.1 Å². The second kappa shape index (κ2) is 7.55. The SMILES string of the molecule is CC(=O)O[C@@H]1O[C@@H]2CS[C@H]1[C@H](OC(C)=O)[C@@H]2OCc1ccccc1. The molecule has 3 saturated heterocycles. The lowest BCUT2D eigenvalue weighted by Crippen LogP contribution is -2.63. The van der Waals surface area contributed by atoms with E-state index in [9.17, 15) is 9.59 Å². The van der Waals surface area contributed by atoms with Crippen LogP contribution >= 0.6 is 11.8 Å². The molecule has 3 aliphatic heterocycles. The zero-order valence-corrected chi connectivity index (χ0v) is 14.4. The van der Waals surface area contributed by atoms with E-state index in [1.54, 1.807) is 11.8 Å². The van der Waals surface area contributed by atoms with Gasteiger partial charge in [0.15, 0.2) is 0 Å². The Labute approximate surface area is 144 Å². The summed E-state index contributed by atoms with van der Waals surface area (Å²) in [4.78, 5) is 22.8. The van der Waals surface area contributed by atoms with Crippen molar-refractivity contribution in [3.63, 3.8) is 0 Å². The Morgan fingerprint density at radius 1 is 1.12 bits per heavy atom. The van der Waals surface area contributed by atoms with Gasteiger partial charge in [-0.2, -0.15) is 0 Å². The van der Waals surface area contributed by atoms with E-state index in [2.05, 4.69) is 0 Å². The molecule has 4 rings (SSSR count). The fourth-order valence-corrected chi connectivity index (χ4v) is 4.30. The number of benzene rings is 1. The number of thioether (sulfide) groups is 1. The average molecular weight is 352 g/mol. The molecule has 3 fully saturated rings. The zero-order chi connectivity index (χ0) is 17.1. The van der Waals surface area contributed by atoms with Crippen LogP contribution in [0, 0.1) is 0 Å². The zero-order valence-electron chi connectivity index (χ0n) is 13.5. The first-order valence-corrected chi connectivity index (χ1v) is 8.86. The van der Waals surface area contributed by atoms with E-state index in [1.165, 1.54) is 13.8 Å². The molecule has 0 N–H and O–H groups in total. The predicted octanol–water partition coefficient (Wildman–Crippen LogP) is 1.91. The standard InChI is InChI=1S/C17H20O6S/c1-10(18)21-15-14(20-8-12-6-4-3-5-7-12)13-9-24-16(15)17(23-13)22-11(2)19/h3-7,13-17H,8-9H2,1-2H3/t13-,14-,15-,16+,17-/m1/s1. The fraction of sp³-hybridized carbons (Fsp3) is 0.529. The van der Waals surface area contributed by atoms with Crippen LogP contribution in [0.2, 0.25) is 0 Å². The summed E-state index contributed by atoms with van der Waals surface area (Å²) in [6.45, 7) is 3.10. The molecule has 0 aromatic heterocycles. The molecule has 0 unspecified atom stereocenters. The smallest absolute Gasteiger partial charge is 0.304 e. The Kier molecular flexibility index (Phi) is 5.43. The van der Waals surface area contributed by atoms with Crippen molar-refractivity contribution in [3.8, 4) is 0 Å². The van der Waals surface area contributed by atoms with Crippen LogP contribution in [0.1, 0.15) is 19.4 Å². The highest BCUT2D eigenvalue weighted by Crippen LogP contribution is 2.41. The quantitative estimate of drug-likeness (QED) is 0.750. The Morgan fingerprint density at radius 2 is 1.83 bits per heavy atom. The Morgan fingerprint density at radius 3 is 2.50 bits per heavy atom. The highest BCUT2D eigenvalue weighted by atomic mass is 32.2. The van der Waals surface area contributed by atoms with E-state index in [1.807, 2.05) is 30.3 Å². The molecule has 130 valence electrons. The maximum Gasteiger partial charge on any atom is 0.304 e. The molecular formula is C17H20O6S. The van der Waals surface area contributed by atoms with Crippen molar-refractivity contribution in [1.82, 2.24) is 0 Å². The maximum atomic E-state index is 11.5. The predicted molar refractivity (Wildman–Crippen MR) is 87.2 cm³/mol. The minimum Gasteiger partial charge on any atom is -0.458 e. The molecule has 5 atom stereocenters. The molecule has 2 bridgehead atoms. The van der Waals surface area contributed by atoms with Crippen LogP contribution in [0.4, 0.5) is 0 Å². The van der Waals surface area contributed by atoms with Gasteiger partial charge in [0.2, 0.25) is 6.29 Å². The third-order valence-electron chi connectivity index (χ3n) is 3.91. The average Bonchev–Trinajstić information content (AvgIpc) is 2.54. The van der Waals surface area contributed by atoms with Crippen molar-refractivity contribution in [2.45, 2.75) is 50.3 Å². The lowest BCUT2D eigenvalue weighted by atomic mass is 10.00. The van der Waals surface area contributed by atoms with Crippen molar-refractivity contribution < 1.29 is 28.5 Å². The third kappa shape index (κ3) is 3.91. The molecule has 0 amide bonds. The molecular weight excluding hydrogens is 332 g/mol. The van der Waals surface area contributed by atoms with E-state index in [0.29, 0.717) is 12.4 Å². The second-order valence-corrected chi connectivity index (χ2v) is 7.00. The Hall–Kier alpha value is -1.57. The number of carbonyl (C=O) groups excluding carboxylic acids is 2. The summed E-state index contributed by atoms with van der Waals surface area (Å²) in [6.07, 6.45) is -1.90. The van der Waals surface area contributed by atoms with Crippen LogP contribution in [0.5, 0.6) is 0 Å². The summed E-state index contributed by atoms with van der Waals surface area (Å²) in [5.74, 6) is -0.0980. The fourth-order valence-electron chi connectivity index (χ4n) is 2.95. The lowest BCUT2D eigenvalue weighted by molar-refractivity contribution is -0.254. The van der Waals surface area contributed by atoms with Gasteiger partial charge in [-0.15, -0.1) is 11.8 Å². The van der Waals surface area contributed by atoms with Crippen LogP contribution in [0.3, 0.4) is 0 Å². The summed E-state index contributed by atoms with van der Waals surface area (Å²) in [5.41, 5.74) is 1.03. The highest BCUT2D eigenvalue weighted by Gasteiger charge is 2.54. The highest BCUT2D eigenvalue weighted by molar-refractivity contribution is 8.00. The van der Waals surface area contributed by atoms with Crippen molar-refractivity contribution in [2.24, 2.45) is 0 Å². The van der Waals surface area contributed by atoms with Crippen LogP contribution in [-0.4, -0.2) is 47.5 Å². The van der Waals surface area contributed by atoms with E-state index < -0.39 is 18.4 Å². The number of hydrogen-bond acceptors (Lipinski definition) is 7. The van der Waals surface area contributed by atoms with E-state index in [4.69, 9.17) is 18.9 Å².